The van der Waals surface area contributed by atoms with E-state index in [1.165, 1.54) is 7.11 Å². The van der Waals surface area contributed by atoms with Gasteiger partial charge < -0.3 is 10.1 Å². The van der Waals surface area contributed by atoms with E-state index in [9.17, 15) is 9.59 Å². The van der Waals surface area contributed by atoms with E-state index in [2.05, 4.69) is 23.9 Å². The van der Waals surface area contributed by atoms with Gasteiger partial charge in [0.15, 0.2) is 5.78 Å². The lowest BCUT2D eigenvalue weighted by atomic mass is 9.79. The minimum atomic E-state index is -0.194. The molecule has 0 radical (unpaired) electrons. The maximum Gasteiger partial charge on any atom is 0.305 e. The van der Waals surface area contributed by atoms with Crippen molar-refractivity contribution in [3.63, 3.8) is 0 Å². The first-order chi connectivity index (χ1) is 7.93. The summed E-state index contributed by atoms with van der Waals surface area (Å²) >= 11 is 0. The topological polar surface area (TPSA) is 55.4 Å². The molecule has 1 aliphatic rings. The van der Waals surface area contributed by atoms with Crippen molar-refractivity contribution in [3.8, 4) is 0 Å². The fourth-order valence-electron chi connectivity index (χ4n) is 2.04. The quantitative estimate of drug-likeness (QED) is 0.587. The highest BCUT2D eigenvalue weighted by atomic mass is 16.5. The van der Waals surface area contributed by atoms with E-state index in [0.29, 0.717) is 19.4 Å². The van der Waals surface area contributed by atoms with Crippen molar-refractivity contribution in [2.75, 3.05) is 13.7 Å². The van der Waals surface area contributed by atoms with Gasteiger partial charge in [0.1, 0.15) is 0 Å². The molecule has 96 valence electrons. The Morgan fingerprint density at radius 2 is 2.18 bits per heavy atom. The standard InChI is InChI=1S/C13H21NO3/c1-13(2)8-10(7-11(15)9-13)14-6-4-5-12(16)17-3/h7,14H,4-6,8-9H2,1-3H3. The highest BCUT2D eigenvalue weighted by Gasteiger charge is 2.27. The third-order valence-electron chi connectivity index (χ3n) is 2.79. The SMILES string of the molecule is COC(=O)CCCNC1=CC(=O)CC(C)(C)C1. The Labute approximate surface area is 102 Å². The third kappa shape index (κ3) is 5.02. The average Bonchev–Trinajstić information content (AvgIpc) is 2.21. The molecule has 1 N–H and O–H groups in total. The van der Waals surface area contributed by atoms with E-state index in [1.807, 2.05) is 0 Å². The molecule has 0 aromatic rings. The molecule has 0 saturated carbocycles. The summed E-state index contributed by atoms with van der Waals surface area (Å²) in [6, 6.07) is 0. The van der Waals surface area contributed by atoms with Crippen LogP contribution in [0.25, 0.3) is 0 Å². The van der Waals surface area contributed by atoms with Gasteiger partial charge in [-0.1, -0.05) is 13.8 Å². The van der Waals surface area contributed by atoms with Crippen LogP contribution in [-0.4, -0.2) is 25.4 Å². The first-order valence-electron chi connectivity index (χ1n) is 5.97. The number of nitrogens with one attached hydrogen (secondary N) is 1. The highest BCUT2D eigenvalue weighted by molar-refractivity contribution is 5.91. The lowest BCUT2D eigenvalue weighted by Gasteiger charge is -2.29. The van der Waals surface area contributed by atoms with Crippen LogP contribution in [-0.2, 0) is 14.3 Å². The van der Waals surface area contributed by atoms with Gasteiger partial charge in [-0.3, -0.25) is 9.59 Å². The minimum Gasteiger partial charge on any atom is -0.469 e. The van der Waals surface area contributed by atoms with Crippen LogP contribution in [0.3, 0.4) is 0 Å². The van der Waals surface area contributed by atoms with Gasteiger partial charge in [-0.15, -0.1) is 0 Å². The van der Waals surface area contributed by atoms with Gasteiger partial charge >= 0.3 is 5.97 Å². The molecule has 17 heavy (non-hydrogen) atoms. The van der Waals surface area contributed by atoms with E-state index in [-0.39, 0.29) is 17.2 Å². The number of hydrogen-bond acceptors (Lipinski definition) is 4. The number of esters is 1. The fourth-order valence-corrected chi connectivity index (χ4v) is 2.04. The van der Waals surface area contributed by atoms with Crippen molar-refractivity contribution in [2.24, 2.45) is 5.41 Å². The van der Waals surface area contributed by atoms with Gasteiger partial charge in [-0.25, -0.2) is 0 Å². The molecule has 0 aliphatic heterocycles. The summed E-state index contributed by atoms with van der Waals surface area (Å²) in [7, 11) is 1.39. The van der Waals surface area contributed by atoms with Crippen LogP contribution in [0.4, 0.5) is 0 Å². The molecular formula is C13H21NO3. The van der Waals surface area contributed by atoms with E-state index in [4.69, 9.17) is 0 Å². The largest absolute Gasteiger partial charge is 0.469 e. The Bertz CT molecular complexity index is 332. The molecule has 0 unspecified atom stereocenters. The molecule has 0 fully saturated rings. The second-order valence-corrected chi connectivity index (χ2v) is 5.26. The molecule has 0 bridgehead atoms. The molecule has 0 saturated heterocycles. The van der Waals surface area contributed by atoms with E-state index in [1.54, 1.807) is 6.08 Å². The first-order valence-corrected chi connectivity index (χ1v) is 5.97. The molecule has 0 aromatic heterocycles. The summed E-state index contributed by atoms with van der Waals surface area (Å²) in [5, 5.41) is 3.22. The number of allylic oxidation sites excluding steroid dienone is 2. The second kappa shape index (κ2) is 5.84. The Balaban J connectivity index is 2.32. The van der Waals surface area contributed by atoms with Crippen molar-refractivity contribution in [2.45, 2.75) is 39.5 Å². The highest BCUT2D eigenvalue weighted by Crippen LogP contribution is 2.32. The third-order valence-corrected chi connectivity index (χ3v) is 2.79. The Morgan fingerprint density at radius 1 is 1.47 bits per heavy atom. The molecule has 0 heterocycles. The average molecular weight is 239 g/mol. The molecular weight excluding hydrogens is 218 g/mol. The molecule has 4 nitrogen and oxygen atoms in total. The monoisotopic (exact) mass is 239 g/mol. The van der Waals surface area contributed by atoms with Crippen LogP contribution in [0.5, 0.6) is 0 Å². The Kier molecular flexibility index (Phi) is 4.73. The first kappa shape index (κ1) is 13.7. The summed E-state index contributed by atoms with van der Waals surface area (Å²) < 4.78 is 4.56. The van der Waals surface area contributed by atoms with Crippen molar-refractivity contribution in [1.29, 1.82) is 0 Å². The predicted molar refractivity (Wildman–Crippen MR) is 65.4 cm³/mol. The van der Waals surface area contributed by atoms with Crippen LogP contribution in [0, 0.1) is 5.41 Å². The Hall–Kier alpha value is -1.32. The molecule has 0 atom stereocenters. The van der Waals surface area contributed by atoms with Gasteiger partial charge in [0, 0.05) is 31.2 Å². The van der Waals surface area contributed by atoms with Crippen LogP contribution in [0.15, 0.2) is 11.8 Å². The van der Waals surface area contributed by atoms with E-state index in [0.717, 1.165) is 18.5 Å². The molecule has 0 spiro atoms. The summed E-state index contributed by atoms with van der Waals surface area (Å²) in [4.78, 5) is 22.4. The van der Waals surface area contributed by atoms with Crippen molar-refractivity contribution in [1.82, 2.24) is 5.32 Å². The maximum atomic E-state index is 11.5. The summed E-state index contributed by atoms with van der Waals surface area (Å²) in [5.74, 6) is -0.0162. The number of hydrogen-bond donors (Lipinski definition) is 1. The molecule has 0 amide bonds. The Morgan fingerprint density at radius 3 is 2.76 bits per heavy atom. The van der Waals surface area contributed by atoms with Gasteiger partial charge in [0.2, 0.25) is 0 Å². The lowest BCUT2D eigenvalue weighted by Crippen LogP contribution is -2.28. The van der Waals surface area contributed by atoms with Gasteiger partial charge in [0.25, 0.3) is 0 Å². The zero-order valence-corrected chi connectivity index (χ0v) is 10.8. The number of ether oxygens (including phenoxy) is 1. The van der Waals surface area contributed by atoms with Crippen LogP contribution >= 0.6 is 0 Å². The minimum absolute atomic E-state index is 0.0382. The summed E-state index contributed by atoms with van der Waals surface area (Å²) in [6.45, 7) is 4.88. The van der Waals surface area contributed by atoms with Crippen LogP contribution in [0.1, 0.15) is 39.5 Å². The summed E-state index contributed by atoms with van der Waals surface area (Å²) in [6.07, 6.45) is 4.31. The van der Waals surface area contributed by atoms with Gasteiger partial charge in [0.05, 0.1) is 7.11 Å². The number of carbonyl (C=O) groups is 2. The van der Waals surface area contributed by atoms with Crippen LogP contribution < -0.4 is 5.32 Å². The number of methoxy groups -OCH3 is 1. The van der Waals surface area contributed by atoms with E-state index >= 15 is 0 Å². The van der Waals surface area contributed by atoms with Gasteiger partial charge in [-0.2, -0.15) is 0 Å². The zero-order valence-electron chi connectivity index (χ0n) is 10.8. The lowest BCUT2D eigenvalue weighted by molar-refractivity contribution is -0.140. The molecule has 1 aliphatic carbocycles. The predicted octanol–water partition coefficient (Wildman–Crippen LogP) is 1.80. The molecule has 0 aromatic carbocycles. The fraction of sp³-hybridized carbons (Fsp3) is 0.692. The normalized spacial score (nSPS) is 18.5. The van der Waals surface area contributed by atoms with Crippen molar-refractivity contribution in [3.05, 3.63) is 11.8 Å². The number of rotatable bonds is 5. The summed E-state index contributed by atoms with van der Waals surface area (Å²) in [5.41, 5.74) is 1.02. The molecule has 1 rings (SSSR count). The molecule has 4 heteroatoms. The van der Waals surface area contributed by atoms with E-state index < -0.39 is 0 Å². The van der Waals surface area contributed by atoms with Crippen molar-refractivity contribution < 1.29 is 14.3 Å². The number of ketones is 1. The van der Waals surface area contributed by atoms with Crippen molar-refractivity contribution >= 4 is 11.8 Å². The zero-order chi connectivity index (χ0) is 12.9. The van der Waals surface area contributed by atoms with Gasteiger partial charge in [-0.05, 0) is 18.3 Å². The van der Waals surface area contributed by atoms with Crippen LogP contribution in [0.2, 0.25) is 0 Å². The second-order valence-electron chi connectivity index (χ2n) is 5.26. The number of carbonyl (C=O) groups excluding carboxylic acids is 2. The maximum absolute atomic E-state index is 11.5. The smallest absolute Gasteiger partial charge is 0.305 e.